The highest BCUT2D eigenvalue weighted by Crippen LogP contribution is 2.24. The number of thiazole rings is 2. The van der Waals surface area contributed by atoms with E-state index in [1.807, 2.05) is 48.5 Å². The number of nitrogens with one attached hydrogen (secondary N) is 1. The number of nitrogen functional groups attached to an aromatic ring is 1. The number of rotatable bonds is 7. The Bertz CT molecular complexity index is 1640. The number of hydrogen-bond donors (Lipinski definition) is 4. The molecule has 0 fully saturated rings. The van der Waals surface area contributed by atoms with Gasteiger partial charge < -0.3 is 14.9 Å². The number of nitrogens with two attached hydrogens (primary N) is 3. The molecule has 0 saturated heterocycles. The molecule has 4 heterocycles. The highest BCUT2D eigenvalue weighted by atomic mass is 35.5. The Morgan fingerprint density at radius 3 is 1.68 bits per heavy atom. The van der Waals surface area contributed by atoms with Crippen molar-refractivity contribution in [2.75, 3.05) is 5.43 Å². The second-order valence-electron chi connectivity index (χ2n) is 8.09. The molecule has 0 saturated carbocycles. The third kappa shape index (κ3) is 8.47. The molecule has 0 amide bonds. The summed E-state index contributed by atoms with van der Waals surface area (Å²) < 4.78 is 13.5. The van der Waals surface area contributed by atoms with Gasteiger partial charge in [0.25, 0.3) is 0 Å². The minimum atomic E-state index is 0.375. The van der Waals surface area contributed by atoms with Crippen molar-refractivity contribution in [2.45, 2.75) is 27.1 Å². The first-order chi connectivity index (χ1) is 19.9. The summed E-state index contributed by atoms with van der Waals surface area (Å²) in [5.74, 6) is 16.0. The highest BCUT2D eigenvalue weighted by molar-refractivity contribution is 7.18. The van der Waals surface area contributed by atoms with Crippen LogP contribution in [0.5, 0.6) is 11.8 Å². The van der Waals surface area contributed by atoms with Crippen molar-refractivity contribution in [3.8, 4) is 11.8 Å². The SMILES string of the molecule is Cc1nc(Cl)cc(OCc2nc3ccccc3s2)n1.Cc1nc(NN)cc(OCc2nc3ccccc3s2)n1.NN. The maximum absolute atomic E-state index is 5.85. The molecule has 41 heavy (non-hydrogen) atoms. The number of aryl methyl sites for hydroxylation is 2. The van der Waals surface area contributed by atoms with Crippen LogP contribution in [-0.2, 0) is 13.2 Å². The minimum absolute atomic E-state index is 0.375. The fourth-order valence-corrected chi connectivity index (χ4v) is 5.48. The lowest BCUT2D eigenvalue weighted by Gasteiger charge is -2.06. The van der Waals surface area contributed by atoms with Crippen LogP contribution in [0.25, 0.3) is 20.4 Å². The smallest absolute Gasteiger partial charge is 0.219 e. The summed E-state index contributed by atoms with van der Waals surface area (Å²) in [6, 6.07) is 19.3. The van der Waals surface area contributed by atoms with Gasteiger partial charge >= 0.3 is 0 Å². The molecule has 0 aliphatic carbocycles. The fourth-order valence-electron chi connectivity index (χ4n) is 3.50. The molecule has 4 aromatic heterocycles. The van der Waals surface area contributed by atoms with E-state index >= 15 is 0 Å². The summed E-state index contributed by atoms with van der Waals surface area (Å²) in [5.41, 5.74) is 4.46. The number of halogens is 1. The van der Waals surface area contributed by atoms with Crippen LogP contribution in [0.3, 0.4) is 0 Å². The van der Waals surface area contributed by atoms with Crippen LogP contribution in [0.15, 0.2) is 60.7 Å². The molecule has 0 unspecified atom stereocenters. The predicted molar refractivity (Wildman–Crippen MR) is 163 cm³/mol. The normalized spacial score (nSPS) is 10.4. The van der Waals surface area contributed by atoms with Gasteiger partial charge in [-0.1, -0.05) is 35.9 Å². The molecule has 0 bridgehead atoms. The zero-order valence-electron chi connectivity index (χ0n) is 22.1. The fraction of sp³-hybridized carbons (Fsp3) is 0.154. The summed E-state index contributed by atoms with van der Waals surface area (Å²) in [7, 11) is 0. The monoisotopic (exact) mass is 610 g/mol. The minimum Gasteiger partial charge on any atom is -0.470 e. The topological polar surface area (TPSA) is 186 Å². The zero-order chi connectivity index (χ0) is 29.2. The molecule has 0 atom stereocenters. The number of nitrogens with zero attached hydrogens (tertiary/aromatic N) is 6. The molecule has 12 nitrogen and oxygen atoms in total. The molecule has 0 aliphatic heterocycles. The Labute approximate surface area is 248 Å². The van der Waals surface area contributed by atoms with Crippen molar-refractivity contribution in [3.63, 3.8) is 0 Å². The van der Waals surface area contributed by atoms with Crippen LogP contribution in [-0.4, -0.2) is 29.9 Å². The van der Waals surface area contributed by atoms with Crippen molar-refractivity contribution in [3.05, 3.63) is 87.5 Å². The van der Waals surface area contributed by atoms with Crippen LogP contribution in [0.2, 0.25) is 5.15 Å². The third-order valence-corrected chi connectivity index (χ3v) is 7.32. The number of fused-ring (bicyclic) bond motifs is 2. The Kier molecular flexibility index (Phi) is 10.6. The molecular weight excluding hydrogens is 584 g/mol. The van der Waals surface area contributed by atoms with E-state index in [-0.39, 0.29) is 0 Å². The number of hydrazine groups is 2. The lowest BCUT2D eigenvalue weighted by molar-refractivity contribution is 0.292. The van der Waals surface area contributed by atoms with Gasteiger partial charge in [0.15, 0.2) is 0 Å². The first-order valence-electron chi connectivity index (χ1n) is 12.1. The maximum Gasteiger partial charge on any atom is 0.219 e. The van der Waals surface area contributed by atoms with Gasteiger partial charge in [-0.25, -0.2) is 25.8 Å². The first-order valence-corrected chi connectivity index (χ1v) is 14.1. The highest BCUT2D eigenvalue weighted by Gasteiger charge is 2.07. The quantitative estimate of drug-likeness (QED) is 0.111. The van der Waals surface area contributed by atoms with E-state index in [0.29, 0.717) is 47.6 Å². The number of hydrogen-bond acceptors (Lipinski definition) is 14. The van der Waals surface area contributed by atoms with E-state index in [0.717, 1.165) is 30.4 Å². The Hall–Kier alpha value is -4.05. The van der Waals surface area contributed by atoms with Crippen molar-refractivity contribution in [2.24, 2.45) is 17.5 Å². The molecule has 0 radical (unpaired) electrons. The molecule has 0 aliphatic rings. The van der Waals surface area contributed by atoms with Gasteiger partial charge in [0, 0.05) is 12.1 Å². The predicted octanol–water partition coefficient (Wildman–Crippen LogP) is 4.71. The van der Waals surface area contributed by atoms with E-state index in [1.165, 1.54) is 0 Å². The van der Waals surface area contributed by atoms with Crippen molar-refractivity contribution < 1.29 is 9.47 Å². The number of anilines is 1. The Morgan fingerprint density at radius 1 is 0.707 bits per heavy atom. The average molecular weight is 611 g/mol. The second-order valence-corrected chi connectivity index (χ2v) is 10.7. The summed E-state index contributed by atoms with van der Waals surface area (Å²) in [6.45, 7) is 4.31. The number of para-hydroxylation sites is 2. The van der Waals surface area contributed by atoms with Crippen LogP contribution in [0, 0.1) is 13.8 Å². The average Bonchev–Trinajstić information content (AvgIpc) is 3.59. The van der Waals surface area contributed by atoms with Gasteiger partial charge in [0.2, 0.25) is 11.8 Å². The zero-order valence-corrected chi connectivity index (χ0v) is 24.5. The van der Waals surface area contributed by atoms with Gasteiger partial charge in [-0.05, 0) is 38.1 Å². The Balaban J connectivity index is 0.000000178. The number of ether oxygens (including phenoxy) is 2. The standard InChI is InChI=1S/C13H10ClN3OS.C13H13N5OS.H4N2/c1-8-15-11(14)6-12(16-8)18-7-13-17-9-4-2-3-5-10(9)19-13;1-8-15-11(18-14)6-12(16-8)19-7-13-17-9-4-2-3-5-10(9)20-13;1-2/h2-6H,7H2,1H3;2-6H,7,14H2,1H3,(H,15,16,18);1-2H2. The van der Waals surface area contributed by atoms with Crippen LogP contribution < -0.4 is 32.4 Å². The van der Waals surface area contributed by atoms with Crippen molar-refractivity contribution >= 4 is 60.5 Å². The van der Waals surface area contributed by atoms with E-state index in [9.17, 15) is 0 Å². The van der Waals surface area contributed by atoms with Gasteiger partial charge in [-0.15, -0.1) is 22.7 Å². The summed E-state index contributed by atoms with van der Waals surface area (Å²) in [6.07, 6.45) is 0. The summed E-state index contributed by atoms with van der Waals surface area (Å²) >= 11 is 9.08. The van der Waals surface area contributed by atoms with E-state index in [1.54, 1.807) is 48.7 Å². The van der Waals surface area contributed by atoms with Gasteiger partial charge in [-0.3, -0.25) is 11.7 Å². The number of aromatic nitrogens is 6. The van der Waals surface area contributed by atoms with Crippen LogP contribution in [0.1, 0.15) is 21.7 Å². The second kappa shape index (κ2) is 14.5. The molecule has 6 aromatic rings. The van der Waals surface area contributed by atoms with Gasteiger partial charge in [-0.2, -0.15) is 9.97 Å². The lowest BCUT2D eigenvalue weighted by atomic mass is 10.3. The number of benzene rings is 2. The molecule has 212 valence electrons. The van der Waals surface area contributed by atoms with Crippen molar-refractivity contribution in [1.82, 2.24) is 29.9 Å². The molecule has 15 heteroatoms. The summed E-state index contributed by atoms with van der Waals surface area (Å²) in [4.78, 5) is 25.4. The van der Waals surface area contributed by atoms with Crippen molar-refractivity contribution in [1.29, 1.82) is 0 Å². The third-order valence-electron chi connectivity index (χ3n) is 5.11. The van der Waals surface area contributed by atoms with E-state index in [4.69, 9.17) is 26.9 Å². The largest absolute Gasteiger partial charge is 0.470 e. The van der Waals surface area contributed by atoms with E-state index in [2.05, 4.69) is 47.0 Å². The molecule has 6 rings (SSSR count). The lowest BCUT2D eigenvalue weighted by Crippen LogP contribution is -2.10. The van der Waals surface area contributed by atoms with Crippen LogP contribution in [0.4, 0.5) is 5.82 Å². The maximum atomic E-state index is 5.85. The molecule has 7 N–H and O–H groups in total. The summed E-state index contributed by atoms with van der Waals surface area (Å²) in [5, 5.41) is 2.20. The van der Waals surface area contributed by atoms with E-state index < -0.39 is 0 Å². The van der Waals surface area contributed by atoms with Crippen LogP contribution >= 0.6 is 34.3 Å². The first kappa shape index (κ1) is 29.9. The Morgan fingerprint density at radius 2 is 1.20 bits per heavy atom. The van der Waals surface area contributed by atoms with Gasteiger partial charge in [0.05, 0.1) is 20.4 Å². The molecule has 0 spiro atoms. The molecular formula is C26H27ClN10O2S2. The van der Waals surface area contributed by atoms with Gasteiger partial charge in [0.1, 0.15) is 45.8 Å². The molecule has 2 aromatic carbocycles.